The van der Waals surface area contributed by atoms with Gasteiger partial charge in [0.2, 0.25) is 23.6 Å². The Hall–Kier alpha value is -2.69. The summed E-state index contributed by atoms with van der Waals surface area (Å²) in [6.07, 6.45) is 2.95. The molecule has 5 unspecified atom stereocenters. The van der Waals surface area contributed by atoms with Crippen LogP contribution >= 0.6 is 0 Å². The standard InChI is InChI=1S/C21H35N5O6/c1-3-12(2)17(25-18(28)13-6-4-10-23-13)20(30)26-11-5-7-15(26)19(29)24-14(21(31)32)8-9-16(22)27/h12-15,17,23H,3-11H2,1-2H3,(H2,22,27)(H,24,29)(H,25,28)(H,31,32). The van der Waals surface area contributed by atoms with Crippen LogP contribution < -0.4 is 21.7 Å². The molecular weight excluding hydrogens is 418 g/mol. The lowest BCUT2D eigenvalue weighted by atomic mass is 9.96. The first-order chi connectivity index (χ1) is 15.1. The monoisotopic (exact) mass is 453 g/mol. The van der Waals surface area contributed by atoms with Crippen LogP contribution in [-0.2, 0) is 24.0 Å². The lowest BCUT2D eigenvalue weighted by Gasteiger charge is -2.32. The Bertz CT molecular complexity index is 723. The Balaban J connectivity index is 2.09. The summed E-state index contributed by atoms with van der Waals surface area (Å²) in [6.45, 7) is 4.91. The highest BCUT2D eigenvalue weighted by atomic mass is 16.4. The van der Waals surface area contributed by atoms with Gasteiger partial charge in [0.1, 0.15) is 18.1 Å². The largest absolute Gasteiger partial charge is 0.480 e. The van der Waals surface area contributed by atoms with Crippen molar-refractivity contribution in [2.75, 3.05) is 13.1 Å². The third-order valence-corrected chi connectivity index (χ3v) is 6.29. The summed E-state index contributed by atoms with van der Waals surface area (Å²) in [5, 5.41) is 17.8. The molecule has 2 fully saturated rings. The van der Waals surface area contributed by atoms with Gasteiger partial charge in [-0.15, -0.1) is 0 Å². The molecule has 0 aromatic heterocycles. The third kappa shape index (κ3) is 6.65. The molecule has 0 radical (unpaired) electrons. The Morgan fingerprint density at radius 2 is 1.84 bits per heavy atom. The molecule has 11 heteroatoms. The van der Waals surface area contributed by atoms with Crippen LogP contribution in [0.3, 0.4) is 0 Å². The fourth-order valence-corrected chi connectivity index (χ4v) is 4.14. The number of hydrogen-bond acceptors (Lipinski definition) is 6. The lowest BCUT2D eigenvalue weighted by molar-refractivity contribution is -0.145. The molecule has 0 bridgehead atoms. The minimum Gasteiger partial charge on any atom is -0.480 e. The number of carboxylic acids is 1. The normalized spacial score (nSPS) is 23.2. The van der Waals surface area contributed by atoms with E-state index < -0.39 is 35.9 Å². The van der Waals surface area contributed by atoms with E-state index in [1.54, 1.807) is 0 Å². The molecule has 0 aromatic rings. The fourth-order valence-electron chi connectivity index (χ4n) is 4.14. The number of amides is 4. The zero-order chi connectivity index (χ0) is 23.8. The average molecular weight is 454 g/mol. The maximum absolute atomic E-state index is 13.4. The summed E-state index contributed by atoms with van der Waals surface area (Å²) in [5.41, 5.74) is 5.08. The minimum atomic E-state index is -1.27. The molecule has 32 heavy (non-hydrogen) atoms. The predicted molar refractivity (Wildman–Crippen MR) is 115 cm³/mol. The zero-order valence-electron chi connectivity index (χ0n) is 18.8. The minimum absolute atomic E-state index is 0.128. The van der Waals surface area contributed by atoms with E-state index in [1.165, 1.54) is 4.90 Å². The second-order valence-corrected chi connectivity index (χ2v) is 8.61. The Labute approximate surface area is 187 Å². The zero-order valence-corrected chi connectivity index (χ0v) is 18.8. The van der Waals surface area contributed by atoms with Gasteiger partial charge in [-0.05, 0) is 44.6 Å². The van der Waals surface area contributed by atoms with E-state index in [4.69, 9.17) is 5.73 Å². The molecule has 2 aliphatic heterocycles. The van der Waals surface area contributed by atoms with Crippen LogP contribution in [0.2, 0.25) is 0 Å². The number of carboxylic acid groups (broad SMARTS) is 1. The van der Waals surface area contributed by atoms with Gasteiger partial charge in [-0.3, -0.25) is 19.2 Å². The summed E-state index contributed by atoms with van der Waals surface area (Å²) in [4.78, 5) is 62.7. The Morgan fingerprint density at radius 3 is 2.41 bits per heavy atom. The summed E-state index contributed by atoms with van der Waals surface area (Å²) in [7, 11) is 0. The maximum atomic E-state index is 13.4. The van der Waals surface area contributed by atoms with Crippen molar-refractivity contribution >= 4 is 29.6 Å². The van der Waals surface area contributed by atoms with Crippen molar-refractivity contribution < 1.29 is 29.1 Å². The van der Waals surface area contributed by atoms with Crippen LogP contribution in [0.1, 0.15) is 58.8 Å². The quantitative estimate of drug-likeness (QED) is 0.270. The number of nitrogens with two attached hydrogens (primary N) is 1. The van der Waals surface area contributed by atoms with Crippen molar-refractivity contribution in [1.82, 2.24) is 20.9 Å². The van der Waals surface area contributed by atoms with E-state index >= 15 is 0 Å². The Morgan fingerprint density at radius 1 is 1.12 bits per heavy atom. The van der Waals surface area contributed by atoms with Crippen molar-refractivity contribution in [3.8, 4) is 0 Å². The first-order valence-corrected chi connectivity index (χ1v) is 11.3. The van der Waals surface area contributed by atoms with Crippen molar-refractivity contribution in [2.24, 2.45) is 11.7 Å². The molecule has 4 amide bonds. The number of likely N-dealkylation sites (tertiary alicyclic amines) is 1. The van der Waals surface area contributed by atoms with Crippen LogP contribution in [0.25, 0.3) is 0 Å². The molecule has 180 valence electrons. The van der Waals surface area contributed by atoms with Crippen molar-refractivity contribution in [1.29, 1.82) is 0 Å². The first-order valence-electron chi connectivity index (χ1n) is 11.3. The molecule has 0 aliphatic carbocycles. The molecule has 2 aliphatic rings. The third-order valence-electron chi connectivity index (χ3n) is 6.29. The summed E-state index contributed by atoms with van der Waals surface area (Å²) in [5.74, 6) is -3.22. The summed E-state index contributed by atoms with van der Waals surface area (Å²) >= 11 is 0. The van der Waals surface area contributed by atoms with E-state index in [-0.39, 0.29) is 36.6 Å². The highest BCUT2D eigenvalue weighted by Gasteiger charge is 2.40. The number of rotatable bonds is 11. The second-order valence-electron chi connectivity index (χ2n) is 8.61. The van der Waals surface area contributed by atoms with Crippen LogP contribution in [-0.4, -0.2) is 76.9 Å². The summed E-state index contributed by atoms with van der Waals surface area (Å²) < 4.78 is 0. The Kier molecular flexibility index (Phi) is 9.42. The van der Waals surface area contributed by atoms with Gasteiger partial charge in [0, 0.05) is 13.0 Å². The van der Waals surface area contributed by atoms with E-state index in [0.717, 1.165) is 13.0 Å². The molecule has 6 N–H and O–H groups in total. The lowest BCUT2D eigenvalue weighted by Crippen LogP contribution is -2.58. The maximum Gasteiger partial charge on any atom is 0.326 e. The van der Waals surface area contributed by atoms with Gasteiger partial charge in [-0.2, -0.15) is 0 Å². The van der Waals surface area contributed by atoms with Gasteiger partial charge in [0.15, 0.2) is 0 Å². The van der Waals surface area contributed by atoms with Crippen molar-refractivity contribution in [3.63, 3.8) is 0 Å². The molecule has 0 aromatic carbocycles. The van der Waals surface area contributed by atoms with E-state index in [2.05, 4.69) is 16.0 Å². The number of carbonyl (C=O) groups is 5. The average Bonchev–Trinajstić information content (AvgIpc) is 3.45. The number of nitrogens with zero attached hydrogens (tertiary/aromatic N) is 1. The number of nitrogens with one attached hydrogen (secondary N) is 3. The molecule has 11 nitrogen and oxygen atoms in total. The molecule has 0 spiro atoms. The smallest absolute Gasteiger partial charge is 0.326 e. The number of aliphatic carboxylic acids is 1. The van der Waals surface area contributed by atoms with Gasteiger partial charge >= 0.3 is 5.97 Å². The van der Waals surface area contributed by atoms with Crippen LogP contribution in [0.4, 0.5) is 0 Å². The molecule has 2 heterocycles. The highest BCUT2D eigenvalue weighted by Crippen LogP contribution is 2.22. The summed E-state index contributed by atoms with van der Waals surface area (Å²) in [6, 6.07) is -3.20. The molecular formula is C21H35N5O6. The van der Waals surface area contributed by atoms with Crippen LogP contribution in [0.15, 0.2) is 0 Å². The number of hydrogen-bond donors (Lipinski definition) is 5. The van der Waals surface area contributed by atoms with Crippen LogP contribution in [0.5, 0.6) is 0 Å². The first kappa shape index (κ1) is 25.6. The van der Waals surface area contributed by atoms with Gasteiger partial charge in [0.25, 0.3) is 0 Å². The van der Waals surface area contributed by atoms with E-state index in [0.29, 0.717) is 32.2 Å². The van der Waals surface area contributed by atoms with Crippen LogP contribution in [0, 0.1) is 5.92 Å². The van der Waals surface area contributed by atoms with E-state index in [9.17, 15) is 29.1 Å². The molecule has 0 saturated carbocycles. The molecule has 2 saturated heterocycles. The van der Waals surface area contributed by atoms with Crippen molar-refractivity contribution in [2.45, 2.75) is 83.0 Å². The van der Waals surface area contributed by atoms with Gasteiger partial charge in [-0.25, -0.2) is 4.79 Å². The highest BCUT2D eigenvalue weighted by molar-refractivity contribution is 5.94. The topological polar surface area (TPSA) is 171 Å². The molecule has 5 atom stereocenters. The van der Waals surface area contributed by atoms with Gasteiger partial charge in [-0.1, -0.05) is 20.3 Å². The van der Waals surface area contributed by atoms with Gasteiger partial charge < -0.3 is 31.7 Å². The van der Waals surface area contributed by atoms with E-state index in [1.807, 2.05) is 13.8 Å². The molecule has 2 rings (SSSR count). The fraction of sp³-hybridized carbons (Fsp3) is 0.762. The van der Waals surface area contributed by atoms with Gasteiger partial charge in [0.05, 0.1) is 6.04 Å². The number of carbonyl (C=O) groups excluding carboxylic acids is 4. The predicted octanol–water partition coefficient (Wildman–Crippen LogP) is -0.905. The van der Waals surface area contributed by atoms with Crippen molar-refractivity contribution in [3.05, 3.63) is 0 Å². The second kappa shape index (κ2) is 11.8. The number of primary amides is 1. The SMILES string of the molecule is CCC(C)C(NC(=O)C1CCCN1)C(=O)N1CCCC1C(=O)NC(CCC(N)=O)C(=O)O.